The number of carbonyl (C=O) groups is 2. The summed E-state index contributed by atoms with van der Waals surface area (Å²) in [6.45, 7) is 5.34. The molecule has 0 radical (unpaired) electrons. The van der Waals surface area contributed by atoms with E-state index in [2.05, 4.69) is 25.8 Å². The molecule has 0 atom stereocenters. The lowest BCUT2D eigenvalue weighted by Gasteiger charge is -2.28. The van der Waals surface area contributed by atoms with Crippen molar-refractivity contribution >= 4 is 34.6 Å². The molecule has 0 aliphatic carbocycles. The summed E-state index contributed by atoms with van der Waals surface area (Å²) in [4.78, 5) is 32.0. The molecule has 1 saturated heterocycles. The molecule has 0 saturated carbocycles. The summed E-state index contributed by atoms with van der Waals surface area (Å²) in [5.41, 5.74) is 5.42. The third kappa shape index (κ3) is 5.31. The van der Waals surface area contributed by atoms with Crippen LogP contribution in [0.1, 0.15) is 21.6 Å². The van der Waals surface area contributed by atoms with E-state index in [0.29, 0.717) is 36.8 Å². The predicted molar refractivity (Wildman–Crippen MR) is 140 cm³/mol. The molecule has 0 unspecified atom stereocenters. The van der Waals surface area contributed by atoms with Crippen LogP contribution in [-0.4, -0.2) is 47.6 Å². The van der Waals surface area contributed by atoms with Crippen LogP contribution in [0, 0.1) is 6.92 Å². The number of hydrogen-bond acceptors (Lipinski definition) is 5. The number of pyridine rings is 1. The van der Waals surface area contributed by atoms with E-state index in [1.54, 1.807) is 10.6 Å². The lowest BCUT2D eigenvalue weighted by molar-refractivity contribution is 0.102. The van der Waals surface area contributed by atoms with Crippen LogP contribution >= 0.6 is 0 Å². The van der Waals surface area contributed by atoms with Gasteiger partial charge < -0.3 is 25.6 Å². The molecule has 2 aromatic carbocycles. The summed E-state index contributed by atoms with van der Waals surface area (Å²) < 4.78 is 7.22. The van der Waals surface area contributed by atoms with Gasteiger partial charge in [-0.15, -0.1) is 0 Å². The standard InChI is InChI=1S/C27H28N6O3/c1-19-7-8-20(17-29-27(35)30-21-5-3-2-4-6-21)15-23(19)31-26(34)24-18-28-25-16-22(9-10-33(24)25)32-11-13-36-14-12-32/h2-10,15-16,18H,11-14,17H2,1H3,(H,31,34)(H2,29,30,35). The fourth-order valence-corrected chi connectivity index (χ4v) is 4.14. The zero-order chi connectivity index (χ0) is 24.9. The van der Waals surface area contributed by atoms with Crippen LogP contribution in [0.5, 0.6) is 0 Å². The number of nitrogens with one attached hydrogen (secondary N) is 3. The molecule has 1 fully saturated rings. The average Bonchev–Trinajstić information content (AvgIpc) is 3.34. The molecule has 1 aliphatic heterocycles. The van der Waals surface area contributed by atoms with Gasteiger partial charge in [0.1, 0.15) is 11.3 Å². The molecule has 3 N–H and O–H groups in total. The number of aromatic nitrogens is 2. The van der Waals surface area contributed by atoms with Gasteiger partial charge in [0.15, 0.2) is 0 Å². The summed E-state index contributed by atoms with van der Waals surface area (Å²) in [7, 11) is 0. The number of carbonyl (C=O) groups excluding carboxylic acids is 2. The van der Waals surface area contributed by atoms with Gasteiger partial charge in [-0.25, -0.2) is 9.78 Å². The molecule has 5 rings (SSSR count). The molecule has 2 aromatic heterocycles. The van der Waals surface area contributed by atoms with Crippen molar-refractivity contribution in [1.82, 2.24) is 14.7 Å². The first kappa shape index (κ1) is 23.4. The molecular formula is C27H28N6O3. The first-order valence-electron chi connectivity index (χ1n) is 11.9. The molecule has 4 aromatic rings. The van der Waals surface area contributed by atoms with Crippen molar-refractivity contribution in [2.45, 2.75) is 13.5 Å². The smallest absolute Gasteiger partial charge is 0.319 e. The van der Waals surface area contributed by atoms with Gasteiger partial charge in [-0.05, 0) is 42.3 Å². The van der Waals surface area contributed by atoms with Crippen LogP contribution in [0.2, 0.25) is 0 Å². The van der Waals surface area contributed by atoms with Gasteiger partial charge in [-0.2, -0.15) is 0 Å². The third-order valence-electron chi connectivity index (χ3n) is 6.14. The number of ether oxygens (including phenoxy) is 1. The Morgan fingerprint density at radius 3 is 2.61 bits per heavy atom. The normalized spacial score (nSPS) is 13.4. The van der Waals surface area contributed by atoms with Gasteiger partial charge >= 0.3 is 6.03 Å². The van der Waals surface area contributed by atoms with Crippen molar-refractivity contribution in [2.75, 3.05) is 41.8 Å². The fraction of sp³-hybridized carbons (Fsp3) is 0.222. The number of urea groups is 1. The van der Waals surface area contributed by atoms with E-state index < -0.39 is 0 Å². The molecule has 36 heavy (non-hydrogen) atoms. The van der Waals surface area contributed by atoms with Crippen molar-refractivity contribution < 1.29 is 14.3 Å². The van der Waals surface area contributed by atoms with E-state index in [4.69, 9.17) is 4.74 Å². The lowest BCUT2D eigenvalue weighted by atomic mass is 10.1. The van der Waals surface area contributed by atoms with Crippen molar-refractivity contribution in [3.63, 3.8) is 0 Å². The summed E-state index contributed by atoms with van der Waals surface area (Å²) >= 11 is 0. The second-order valence-corrected chi connectivity index (χ2v) is 8.63. The van der Waals surface area contributed by atoms with E-state index in [0.717, 1.165) is 35.6 Å². The maximum Gasteiger partial charge on any atom is 0.319 e. The van der Waals surface area contributed by atoms with Gasteiger partial charge in [0.05, 0.1) is 19.4 Å². The highest BCUT2D eigenvalue weighted by atomic mass is 16.5. The highest BCUT2D eigenvalue weighted by Crippen LogP contribution is 2.21. The highest BCUT2D eigenvalue weighted by Gasteiger charge is 2.16. The highest BCUT2D eigenvalue weighted by molar-refractivity contribution is 6.04. The van der Waals surface area contributed by atoms with Crippen molar-refractivity contribution in [1.29, 1.82) is 0 Å². The Hall–Kier alpha value is -4.37. The van der Waals surface area contributed by atoms with Crippen LogP contribution < -0.4 is 20.9 Å². The number of morpholine rings is 1. The summed E-state index contributed by atoms with van der Waals surface area (Å²) in [6.07, 6.45) is 3.46. The van der Waals surface area contributed by atoms with E-state index >= 15 is 0 Å². The zero-order valence-electron chi connectivity index (χ0n) is 20.0. The molecular weight excluding hydrogens is 456 g/mol. The van der Waals surface area contributed by atoms with Crippen molar-refractivity contribution in [2.24, 2.45) is 0 Å². The van der Waals surface area contributed by atoms with E-state index in [9.17, 15) is 9.59 Å². The summed E-state index contributed by atoms with van der Waals surface area (Å²) in [6, 6.07) is 18.7. The monoisotopic (exact) mass is 484 g/mol. The lowest BCUT2D eigenvalue weighted by Crippen LogP contribution is -2.36. The van der Waals surface area contributed by atoms with Crippen molar-refractivity contribution in [3.05, 3.63) is 89.9 Å². The molecule has 1 aliphatic rings. The quantitative estimate of drug-likeness (QED) is 0.383. The Balaban J connectivity index is 1.25. The van der Waals surface area contributed by atoms with Gasteiger partial charge in [0.25, 0.3) is 5.91 Å². The molecule has 9 nitrogen and oxygen atoms in total. The van der Waals surface area contributed by atoms with Crippen LogP contribution in [-0.2, 0) is 11.3 Å². The summed E-state index contributed by atoms with van der Waals surface area (Å²) in [5.74, 6) is -0.253. The van der Waals surface area contributed by atoms with Gasteiger partial charge in [-0.1, -0.05) is 30.3 Å². The molecule has 0 bridgehead atoms. The number of hydrogen-bond donors (Lipinski definition) is 3. The number of benzene rings is 2. The number of aryl methyl sites for hydroxylation is 1. The van der Waals surface area contributed by atoms with E-state index in [1.807, 2.05) is 73.8 Å². The molecule has 3 amide bonds. The Labute approximate surface area is 209 Å². The fourth-order valence-electron chi connectivity index (χ4n) is 4.14. The summed E-state index contributed by atoms with van der Waals surface area (Å²) in [5, 5.41) is 8.63. The number of amides is 3. The Bertz CT molecular complexity index is 1380. The molecule has 184 valence electrons. The topological polar surface area (TPSA) is 100 Å². The van der Waals surface area contributed by atoms with Crippen LogP contribution in [0.4, 0.5) is 21.9 Å². The Morgan fingerprint density at radius 1 is 1.00 bits per heavy atom. The Morgan fingerprint density at radius 2 is 1.81 bits per heavy atom. The number of para-hydroxylation sites is 1. The maximum absolute atomic E-state index is 13.1. The van der Waals surface area contributed by atoms with Crippen molar-refractivity contribution in [3.8, 4) is 0 Å². The molecule has 3 heterocycles. The molecule has 9 heteroatoms. The minimum absolute atomic E-state index is 0.253. The average molecular weight is 485 g/mol. The number of rotatable bonds is 6. The van der Waals surface area contributed by atoms with E-state index in [1.165, 1.54) is 0 Å². The Kier molecular flexibility index (Phi) is 6.81. The molecule has 0 spiro atoms. The number of imidazole rings is 1. The SMILES string of the molecule is Cc1ccc(CNC(=O)Nc2ccccc2)cc1NC(=O)c1cnc2cc(N3CCOCC3)ccn12. The van der Waals surface area contributed by atoms with Crippen LogP contribution in [0.25, 0.3) is 5.65 Å². The van der Waals surface area contributed by atoms with Gasteiger partial charge in [0.2, 0.25) is 0 Å². The van der Waals surface area contributed by atoms with E-state index in [-0.39, 0.29) is 11.9 Å². The van der Waals surface area contributed by atoms with Crippen LogP contribution in [0.15, 0.2) is 73.1 Å². The van der Waals surface area contributed by atoms with Crippen LogP contribution in [0.3, 0.4) is 0 Å². The zero-order valence-corrected chi connectivity index (χ0v) is 20.0. The minimum Gasteiger partial charge on any atom is -0.378 e. The third-order valence-corrected chi connectivity index (χ3v) is 6.14. The first-order valence-corrected chi connectivity index (χ1v) is 11.9. The van der Waals surface area contributed by atoms with Gasteiger partial charge in [-0.3, -0.25) is 9.20 Å². The number of anilines is 3. The van der Waals surface area contributed by atoms with Gasteiger partial charge in [0, 0.05) is 49.0 Å². The minimum atomic E-state index is -0.297. The predicted octanol–water partition coefficient (Wildman–Crippen LogP) is 4.05. The maximum atomic E-state index is 13.1. The number of fused-ring (bicyclic) bond motifs is 1. The number of nitrogens with zero attached hydrogens (tertiary/aromatic N) is 3. The first-order chi connectivity index (χ1) is 17.6. The largest absolute Gasteiger partial charge is 0.378 e. The second-order valence-electron chi connectivity index (χ2n) is 8.63. The second kappa shape index (κ2) is 10.5.